The highest BCUT2D eigenvalue weighted by atomic mass is 16.5. The molecule has 0 bridgehead atoms. The molecule has 0 aromatic heterocycles. The van der Waals surface area contributed by atoms with Crippen molar-refractivity contribution in [1.82, 2.24) is 5.32 Å². The molecule has 1 unspecified atom stereocenters. The number of ether oxygens (including phenoxy) is 1. The Hall–Kier alpha value is -1.80. The molecule has 0 saturated carbocycles. The molecule has 0 amide bonds. The standard InChI is InChI=1S/C19H25NO/c1-5-18(20-6-2)16-9-11-17(12-10-16)21-19-13-14(3)7-8-15(19)4/h7-13,18,20H,5-6H2,1-4H3. The van der Waals surface area contributed by atoms with Crippen molar-refractivity contribution in [3.63, 3.8) is 0 Å². The summed E-state index contributed by atoms with van der Waals surface area (Å²) in [5.41, 5.74) is 3.68. The molecule has 2 aromatic carbocycles. The molecule has 0 aliphatic carbocycles. The van der Waals surface area contributed by atoms with Crippen LogP contribution in [0.2, 0.25) is 0 Å². The Labute approximate surface area is 128 Å². The van der Waals surface area contributed by atoms with Gasteiger partial charge in [0.15, 0.2) is 0 Å². The second-order valence-electron chi connectivity index (χ2n) is 5.46. The lowest BCUT2D eigenvalue weighted by Crippen LogP contribution is -2.19. The van der Waals surface area contributed by atoms with Crippen molar-refractivity contribution in [2.24, 2.45) is 0 Å². The van der Waals surface area contributed by atoms with Gasteiger partial charge in [-0.3, -0.25) is 0 Å². The van der Waals surface area contributed by atoms with Crippen LogP contribution in [0.5, 0.6) is 11.5 Å². The zero-order valence-corrected chi connectivity index (χ0v) is 13.4. The number of nitrogens with one attached hydrogen (secondary N) is 1. The number of rotatable bonds is 6. The topological polar surface area (TPSA) is 21.3 Å². The fourth-order valence-electron chi connectivity index (χ4n) is 2.46. The Kier molecular flexibility index (Phi) is 5.40. The maximum absolute atomic E-state index is 6.00. The predicted octanol–water partition coefficient (Wildman–Crippen LogP) is 5.16. The van der Waals surface area contributed by atoms with Crippen molar-refractivity contribution in [2.45, 2.75) is 40.2 Å². The van der Waals surface area contributed by atoms with E-state index >= 15 is 0 Å². The monoisotopic (exact) mass is 283 g/mol. The van der Waals surface area contributed by atoms with E-state index in [9.17, 15) is 0 Å². The number of benzene rings is 2. The Balaban J connectivity index is 2.13. The predicted molar refractivity (Wildman–Crippen MR) is 89.1 cm³/mol. The minimum absolute atomic E-state index is 0.421. The lowest BCUT2D eigenvalue weighted by Gasteiger charge is -2.17. The third kappa shape index (κ3) is 4.08. The molecule has 2 rings (SSSR count). The normalized spacial score (nSPS) is 12.2. The first-order chi connectivity index (χ1) is 10.1. The first-order valence-corrected chi connectivity index (χ1v) is 7.72. The van der Waals surface area contributed by atoms with Crippen LogP contribution in [0.15, 0.2) is 42.5 Å². The fourth-order valence-corrected chi connectivity index (χ4v) is 2.46. The Morgan fingerprint density at radius 3 is 2.33 bits per heavy atom. The van der Waals surface area contributed by atoms with Gasteiger partial charge in [-0.15, -0.1) is 0 Å². The lowest BCUT2D eigenvalue weighted by molar-refractivity contribution is 0.477. The van der Waals surface area contributed by atoms with Crippen LogP contribution in [0.3, 0.4) is 0 Å². The lowest BCUT2D eigenvalue weighted by atomic mass is 10.0. The number of aryl methyl sites for hydroxylation is 2. The highest BCUT2D eigenvalue weighted by molar-refractivity contribution is 5.40. The fraction of sp³-hybridized carbons (Fsp3) is 0.368. The molecule has 0 fully saturated rings. The Morgan fingerprint density at radius 2 is 1.71 bits per heavy atom. The smallest absolute Gasteiger partial charge is 0.130 e. The maximum atomic E-state index is 6.00. The summed E-state index contributed by atoms with van der Waals surface area (Å²) in [6.07, 6.45) is 1.09. The van der Waals surface area contributed by atoms with Crippen molar-refractivity contribution in [1.29, 1.82) is 0 Å². The molecule has 0 spiro atoms. The molecule has 0 aliphatic rings. The van der Waals surface area contributed by atoms with E-state index in [1.807, 2.05) is 0 Å². The zero-order valence-electron chi connectivity index (χ0n) is 13.4. The molecular formula is C19H25NO. The first-order valence-electron chi connectivity index (χ1n) is 7.72. The third-order valence-corrected chi connectivity index (χ3v) is 3.71. The van der Waals surface area contributed by atoms with Crippen LogP contribution in [0.4, 0.5) is 0 Å². The average molecular weight is 283 g/mol. The summed E-state index contributed by atoms with van der Waals surface area (Å²) < 4.78 is 6.00. The minimum atomic E-state index is 0.421. The van der Waals surface area contributed by atoms with Crippen LogP contribution >= 0.6 is 0 Å². The first kappa shape index (κ1) is 15.6. The molecule has 0 radical (unpaired) electrons. The molecule has 21 heavy (non-hydrogen) atoms. The van der Waals surface area contributed by atoms with Crippen molar-refractivity contribution in [2.75, 3.05) is 6.54 Å². The Bertz CT molecular complexity index is 575. The van der Waals surface area contributed by atoms with E-state index in [0.29, 0.717) is 6.04 Å². The molecule has 2 nitrogen and oxygen atoms in total. The molecule has 0 heterocycles. The van der Waals surface area contributed by atoms with Gasteiger partial charge in [0.05, 0.1) is 0 Å². The molecule has 112 valence electrons. The van der Waals surface area contributed by atoms with Crippen LogP contribution < -0.4 is 10.1 Å². The van der Waals surface area contributed by atoms with Crippen molar-refractivity contribution >= 4 is 0 Å². The van der Waals surface area contributed by atoms with E-state index in [4.69, 9.17) is 4.74 Å². The summed E-state index contributed by atoms with van der Waals surface area (Å²) in [7, 11) is 0. The maximum Gasteiger partial charge on any atom is 0.130 e. The third-order valence-electron chi connectivity index (χ3n) is 3.71. The van der Waals surface area contributed by atoms with E-state index in [1.165, 1.54) is 11.1 Å². The largest absolute Gasteiger partial charge is 0.457 e. The van der Waals surface area contributed by atoms with Gasteiger partial charge in [-0.25, -0.2) is 0 Å². The molecule has 2 aromatic rings. The molecule has 1 N–H and O–H groups in total. The summed E-state index contributed by atoms with van der Waals surface area (Å²) in [5.74, 6) is 1.82. The molecule has 0 aliphatic heterocycles. The van der Waals surface area contributed by atoms with E-state index in [1.54, 1.807) is 0 Å². The second kappa shape index (κ2) is 7.28. The molecular weight excluding hydrogens is 258 g/mol. The van der Waals surface area contributed by atoms with Crippen LogP contribution in [0.25, 0.3) is 0 Å². The average Bonchev–Trinajstić information content (AvgIpc) is 2.49. The van der Waals surface area contributed by atoms with Gasteiger partial charge in [-0.2, -0.15) is 0 Å². The van der Waals surface area contributed by atoms with E-state index in [2.05, 4.69) is 75.5 Å². The zero-order chi connectivity index (χ0) is 15.2. The molecule has 0 saturated heterocycles. The van der Waals surface area contributed by atoms with Crippen molar-refractivity contribution < 1.29 is 4.74 Å². The van der Waals surface area contributed by atoms with Gasteiger partial charge in [0.1, 0.15) is 11.5 Å². The second-order valence-corrected chi connectivity index (χ2v) is 5.46. The van der Waals surface area contributed by atoms with Gasteiger partial charge >= 0.3 is 0 Å². The molecule has 2 heteroatoms. The van der Waals surface area contributed by atoms with Gasteiger partial charge in [-0.1, -0.05) is 38.1 Å². The van der Waals surface area contributed by atoms with Gasteiger partial charge in [0, 0.05) is 6.04 Å². The van der Waals surface area contributed by atoms with Gasteiger partial charge in [-0.05, 0) is 61.7 Å². The van der Waals surface area contributed by atoms with E-state index in [0.717, 1.165) is 30.0 Å². The number of hydrogen-bond acceptors (Lipinski definition) is 2. The highest BCUT2D eigenvalue weighted by Gasteiger charge is 2.08. The SMILES string of the molecule is CCNC(CC)c1ccc(Oc2cc(C)ccc2C)cc1. The summed E-state index contributed by atoms with van der Waals surface area (Å²) in [6, 6.07) is 15.1. The van der Waals surface area contributed by atoms with Crippen LogP contribution in [0, 0.1) is 13.8 Å². The van der Waals surface area contributed by atoms with E-state index in [-0.39, 0.29) is 0 Å². The van der Waals surface area contributed by atoms with Crippen LogP contribution in [-0.2, 0) is 0 Å². The van der Waals surface area contributed by atoms with Crippen molar-refractivity contribution in [3.05, 3.63) is 59.2 Å². The summed E-state index contributed by atoms with van der Waals surface area (Å²) in [4.78, 5) is 0. The van der Waals surface area contributed by atoms with Crippen LogP contribution in [-0.4, -0.2) is 6.54 Å². The summed E-state index contributed by atoms with van der Waals surface area (Å²) >= 11 is 0. The quantitative estimate of drug-likeness (QED) is 0.791. The summed E-state index contributed by atoms with van der Waals surface area (Å²) in [5, 5.41) is 3.49. The van der Waals surface area contributed by atoms with E-state index < -0.39 is 0 Å². The highest BCUT2D eigenvalue weighted by Crippen LogP contribution is 2.27. The summed E-state index contributed by atoms with van der Waals surface area (Å²) in [6.45, 7) is 9.48. The molecule has 1 atom stereocenters. The van der Waals surface area contributed by atoms with Gasteiger partial charge in [0.25, 0.3) is 0 Å². The Morgan fingerprint density at radius 1 is 1.00 bits per heavy atom. The van der Waals surface area contributed by atoms with Crippen molar-refractivity contribution in [3.8, 4) is 11.5 Å². The van der Waals surface area contributed by atoms with Crippen LogP contribution in [0.1, 0.15) is 43.0 Å². The number of hydrogen-bond donors (Lipinski definition) is 1. The van der Waals surface area contributed by atoms with Gasteiger partial charge < -0.3 is 10.1 Å². The minimum Gasteiger partial charge on any atom is -0.457 e. The van der Waals surface area contributed by atoms with Gasteiger partial charge in [0.2, 0.25) is 0 Å².